The molecule has 2 aromatic heterocycles. The molecule has 4 heterocycles. The molecule has 2 fully saturated rings. The number of amides is 1. The number of ether oxygens (including phenoxy) is 1. The van der Waals surface area contributed by atoms with Gasteiger partial charge in [-0.15, -0.1) is 11.3 Å². The number of aromatic nitrogens is 1. The van der Waals surface area contributed by atoms with Gasteiger partial charge in [-0.2, -0.15) is 4.31 Å². The SMILES string of the molecule is Cc1cc(C)c2nc(N(CC3CCCO3)C(=O)C3CCN(S(=O)(=O)c4cccs4)CC3)sc2c1. The number of hydrogen-bond donors (Lipinski definition) is 0. The highest BCUT2D eigenvalue weighted by atomic mass is 32.2. The van der Waals surface area contributed by atoms with Crippen LogP contribution in [-0.2, 0) is 19.6 Å². The molecule has 10 heteroatoms. The molecule has 0 aliphatic carbocycles. The molecule has 1 aromatic carbocycles. The molecule has 1 amide bonds. The third-order valence-electron chi connectivity index (χ3n) is 6.62. The Labute approximate surface area is 208 Å². The molecular formula is C24H29N3O4S3. The van der Waals surface area contributed by atoms with Gasteiger partial charge in [0.15, 0.2) is 5.13 Å². The highest BCUT2D eigenvalue weighted by Gasteiger charge is 2.36. The normalized spacial score (nSPS) is 20.2. The molecule has 2 saturated heterocycles. The summed E-state index contributed by atoms with van der Waals surface area (Å²) in [7, 11) is -3.49. The first kappa shape index (κ1) is 23.9. The summed E-state index contributed by atoms with van der Waals surface area (Å²) in [6, 6.07) is 7.61. The van der Waals surface area contributed by atoms with Crippen molar-refractivity contribution >= 4 is 54.0 Å². The maximum absolute atomic E-state index is 13.8. The lowest BCUT2D eigenvalue weighted by Gasteiger charge is -2.33. The third kappa shape index (κ3) is 4.66. The number of hydrogen-bond acceptors (Lipinski definition) is 7. The van der Waals surface area contributed by atoms with Crippen LogP contribution in [0.15, 0.2) is 33.9 Å². The summed E-state index contributed by atoms with van der Waals surface area (Å²) < 4.78 is 34.6. The zero-order valence-corrected chi connectivity index (χ0v) is 21.8. The van der Waals surface area contributed by atoms with Crippen LogP contribution in [-0.4, -0.2) is 56.0 Å². The first-order chi connectivity index (χ1) is 16.3. The van der Waals surface area contributed by atoms with Gasteiger partial charge in [-0.25, -0.2) is 13.4 Å². The monoisotopic (exact) mass is 519 g/mol. The van der Waals surface area contributed by atoms with E-state index in [2.05, 4.69) is 26.0 Å². The molecule has 182 valence electrons. The van der Waals surface area contributed by atoms with Crippen LogP contribution < -0.4 is 4.90 Å². The van der Waals surface area contributed by atoms with Gasteiger partial charge in [0.2, 0.25) is 5.91 Å². The van der Waals surface area contributed by atoms with Gasteiger partial charge in [0, 0.05) is 25.6 Å². The number of nitrogens with zero attached hydrogens (tertiary/aromatic N) is 3. The van der Waals surface area contributed by atoms with E-state index < -0.39 is 10.0 Å². The molecule has 0 N–H and O–H groups in total. The summed E-state index contributed by atoms with van der Waals surface area (Å²) >= 11 is 2.77. The molecule has 1 atom stereocenters. The number of thiophene rings is 1. The van der Waals surface area contributed by atoms with Crippen molar-refractivity contribution in [3.8, 4) is 0 Å². The maximum Gasteiger partial charge on any atom is 0.252 e. The quantitative estimate of drug-likeness (QED) is 0.476. The van der Waals surface area contributed by atoms with E-state index in [1.165, 1.54) is 21.2 Å². The smallest absolute Gasteiger partial charge is 0.252 e. The number of anilines is 1. The van der Waals surface area contributed by atoms with Gasteiger partial charge < -0.3 is 4.74 Å². The molecular weight excluding hydrogens is 490 g/mol. The molecule has 0 radical (unpaired) electrons. The summed E-state index contributed by atoms with van der Waals surface area (Å²) in [6.07, 6.45) is 2.97. The molecule has 0 spiro atoms. The second-order valence-electron chi connectivity index (χ2n) is 9.12. The van der Waals surface area contributed by atoms with Crippen LogP contribution in [0.2, 0.25) is 0 Å². The minimum Gasteiger partial charge on any atom is -0.376 e. The van der Waals surface area contributed by atoms with Crippen LogP contribution in [0.1, 0.15) is 36.8 Å². The summed E-state index contributed by atoms with van der Waals surface area (Å²) in [6.45, 7) is 6.04. The predicted octanol–water partition coefficient (Wildman–Crippen LogP) is 4.59. The number of benzene rings is 1. The molecule has 34 heavy (non-hydrogen) atoms. The van der Waals surface area contributed by atoms with Crippen LogP contribution in [0.3, 0.4) is 0 Å². The van der Waals surface area contributed by atoms with Gasteiger partial charge in [-0.05, 0) is 68.2 Å². The van der Waals surface area contributed by atoms with Gasteiger partial charge in [0.1, 0.15) is 4.21 Å². The zero-order chi connectivity index (χ0) is 23.9. The number of aryl methyl sites for hydroxylation is 2. The molecule has 7 nitrogen and oxygen atoms in total. The first-order valence-corrected chi connectivity index (χ1v) is 14.8. The fourth-order valence-electron chi connectivity index (χ4n) is 4.83. The number of carbonyl (C=O) groups is 1. The van der Waals surface area contributed by atoms with E-state index in [1.54, 1.807) is 28.8 Å². The van der Waals surface area contributed by atoms with E-state index in [9.17, 15) is 13.2 Å². The van der Waals surface area contributed by atoms with Crippen molar-refractivity contribution in [3.63, 3.8) is 0 Å². The Kier molecular flexibility index (Phi) is 6.78. The number of piperidine rings is 1. The Bertz CT molecular complexity index is 1270. The lowest BCUT2D eigenvalue weighted by Crippen LogP contribution is -2.46. The van der Waals surface area contributed by atoms with Gasteiger partial charge in [0.05, 0.1) is 22.9 Å². The molecule has 5 rings (SSSR count). The Hall–Kier alpha value is -1.85. The van der Waals surface area contributed by atoms with Gasteiger partial charge >= 0.3 is 0 Å². The summed E-state index contributed by atoms with van der Waals surface area (Å²) in [5.74, 6) is -0.205. The standard InChI is InChI=1S/C24H29N3O4S3/c1-16-13-17(2)22-20(14-16)33-24(25-22)27(15-19-5-3-11-31-19)23(28)18-7-9-26(10-8-18)34(29,30)21-6-4-12-32-21/h4,6,12-14,18-19H,3,5,7-11,15H2,1-2H3. The minimum absolute atomic E-state index is 0.0121. The lowest BCUT2D eigenvalue weighted by molar-refractivity contribution is -0.123. The van der Waals surface area contributed by atoms with E-state index in [4.69, 9.17) is 9.72 Å². The van der Waals surface area contributed by atoms with Gasteiger partial charge in [-0.1, -0.05) is 23.5 Å². The molecule has 0 saturated carbocycles. The Morgan fingerprint density at radius 1 is 1.24 bits per heavy atom. The number of fused-ring (bicyclic) bond motifs is 1. The van der Waals surface area contributed by atoms with Gasteiger partial charge in [-0.3, -0.25) is 9.69 Å². The fourth-order valence-corrected chi connectivity index (χ4v) is 8.60. The fraction of sp³-hybridized carbons (Fsp3) is 0.500. The van der Waals surface area contributed by atoms with Crippen molar-refractivity contribution < 1.29 is 17.9 Å². The van der Waals surface area contributed by atoms with Crippen LogP contribution in [0.5, 0.6) is 0 Å². The van der Waals surface area contributed by atoms with Crippen molar-refractivity contribution in [2.45, 2.75) is 49.8 Å². The van der Waals surface area contributed by atoms with Crippen molar-refractivity contribution in [1.82, 2.24) is 9.29 Å². The number of carbonyl (C=O) groups excluding carboxylic acids is 1. The average molecular weight is 520 g/mol. The number of rotatable bonds is 6. The van der Waals surface area contributed by atoms with Gasteiger partial charge in [0.25, 0.3) is 10.0 Å². The first-order valence-electron chi connectivity index (χ1n) is 11.7. The zero-order valence-electron chi connectivity index (χ0n) is 19.4. The lowest BCUT2D eigenvalue weighted by atomic mass is 9.96. The summed E-state index contributed by atoms with van der Waals surface area (Å²) in [5, 5.41) is 2.48. The largest absolute Gasteiger partial charge is 0.376 e. The molecule has 3 aromatic rings. The summed E-state index contributed by atoms with van der Waals surface area (Å²) in [4.78, 5) is 20.4. The second-order valence-corrected chi connectivity index (χ2v) is 13.2. The van der Waals surface area contributed by atoms with Crippen molar-refractivity contribution in [2.75, 3.05) is 31.1 Å². The van der Waals surface area contributed by atoms with Crippen molar-refractivity contribution in [3.05, 3.63) is 40.8 Å². The van der Waals surface area contributed by atoms with E-state index in [-0.39, 0.29) is 17.9 Å². The Morgan fingerprint density at radius 2 is 2.03 bits per heavy atom. The average Bonchev–Trinajstić information content (AvgIpc) is 3.59. The van der Waals surface area contributed by atoms with Crippen LogP contribution in [0.4, 0.5) is 5.13 Å². The Morgan fingerprint density at radius 3 is 2.71 bits per heavy atom. The highest BCUT2D eigenvalue weighted by molar-refractivity contribution is 7.91. The molecule has 1 unspecified atom stereocenters. The molecule has 2 aliphatic heterocycles. The van der Waals surface area contributed by atoms with E-state index in [1.807, 2.05) is 4.90 Å². The van der Waals surface area contributed by atoms with E-state index in [0.717, 1.165) is 35.2 Å². The highest BCUT2D eigenvalue weighted by Crippen LogP contribution is 2.35. The van der Waals surface area contributed by atoms with Crippen LogP contribution >= 0.6 is 22.7 Å². The van der Waals surface area contributed by atoms with Crippen molar-refractivity contribution in [1.29, 1.82) is 0 Å². The second kappa shape index (κ2) is 9.66. The van der Waals surface area contributed by atoms with E-state index in [0.29, 0.717) is 41.8 Å². The number of sulfonamides is 1. The van der Waals surface area contributed by atoms with Crippen LogP contribution in [0, 0.1) is 19.8 Å². The topological polar surface area (TPSA) is 79.8 Å². The van der Waals surface area contributed by atoms with E-state index >= 15 is 0 Å². The molecule has 2 aliphatic rings. The maximum atomic E-state index is 13.8. The minimum atomic E-state index is -3.49. The Balaban J connectivity index is 1.37. The van der Waals surface area contributed by atoms with Crippen molar-refractivity contribution in [2.24, 2.45) is 5.92 Å². The predicted molar refractivity (Wildman–Crippen MR) is 136 cm³/mol. The van der Waals surface area contributed by atoms with Crippen LogP contribution in [0.25, 0.3) is 10.2 Å². The third-order valence-corrected chi connectivity index (χ3v) is 10.9. The summed E-state index contributed by atoms with van der Waals surface area (Å²) in [5.41, 5.74) is 3.22. The number of thiazole rings is 1. The molecule has 0 bridgehead atoms.